The zero-order valence-corrected chi connectivity index (χ0v) is 11.0. The number of nitrogens with one attached hydrogen (secondary N) is 1. The molecule has 1 N–H and O–H groups in total. The number of hydrogen-bond acceptors (Lipinski definition) is 1. The maximum Gasteiger partial charge on any atom is 0.225 e. The zero-order valence-electron chi connectivity index (χ0n) is 11.0. The summed E-state index contributed by atoms with van der Waals surface area (Å²) in [4.78, 5) is 11.9. The largest absolute Gasteiger partial charge is 0.353 e. The number of amides is 1. The van der Waals surface area contributed by atoms with Crippen LogP contribution in [0.25, 0.3) is 0 Å². The number of carbonyl (C=O) groups excluding carboxylic acids is 1. The number of rotatable bonds is 2. The highest BCUT2D eigenvalue weighted by Crippen LogP contribution is 2.49. The lowest BCUT2D eigenvalue weighted by molar-refractivity contribution is -0.129. The van der Waals surface area contributed by atoms with E-state index >= 15 is 0 Å². The first-order valence-electron chi connectivity index (χ1n) is 6.69. The van der Waals surface area contributed by atoms with E-state index in [4.69, 9.17) is 0 Å². The van der Waals surface area contributed by atoms with Crippen LogP contribution in [0.2, 0.25) is 0 Å². The minimum absolute atomic E-state index is 0.197. The average molecular weight is 223 g/mol. The van der Waals surface area contributed by atoms with E-state index in [0.29, 0.717) is 6.04 Å². The van der Waals surface area contributed by atoms with E-state index in [2.05, 4.69) is 12.2 Å². The first-order chi connectivity index (χ1) is 7.38. The van der Waals surface area contributed by atoms with E-state index in [0.717, 1.165) is 17.8 Å². The number of fused-ring (bicyclic) bond motifs is 2. The van der Waals surface area contributed by atoms with E-state index in [-0.39, 0.29) is 11.3 Å². The molecule has 4 atom stereocenters. The Labute approximate surface area is 99.2 Å². The van der Waals surface area contributed by atoms with Gasteiger partial charge in [0.2, 0.25) is 5.91 Å². The maximum atomic E-state index is 11.9. The molecule has 2 saturated carbocycles. The Morgan fingerprint density at radius 2 is 1.94 bits per heavy atom. The van der Waals surface area contributed by atoms with Gasteiger partial charge in [0.15, 0.2) is 0 Å². The van der Waals surface area contributed by atoms with E-state index in [9.17, 15) is 4.79 Å². The third-order valence-corrected chi connectivity index (χ3v) is 4.47. The van der Waals surface area contributed by atoms with Crippen molar-refractivity contribution in [2.75, 3.05) is 0 Å². The van der Waals surface area contributed by atoms with Crippen LogP contribution < -0.4 is 5.32 Å². The average Bonchev–Trinajstić information content (AvgIpc) is 2.76. The van der Waals surface area contributed by atoms with Crippen molar-refractivity contribution in [2.45, 2.75) is 59.4 Å². The van der Waals surface area contributed by atoms with Crippen molar-refractivity contribution in [3.05, 3.63) is 0 Å². The van der Waals surface area contributed by atoms with Crippen molar-refractivity contribution in [3.63, 3.8) is 0 Å². The lowest BCUT2D eigenvalue weighted by Gasteiger charge is -2.30. The van der Waals surface area contributed by atoms with E-state index in [1.54, 1.807) is 0 Å². The summed E-state index contributed by atoms with van der Waals surface area (Å²) >= 11 is 0. The molecule has 2 aliphatic rings. The van der Waals surface area contributed by atoms with Crippen LogP contribution in [0.1, 0.15) is 53.4 Å². The van der Waals surface area contributed by atoms with Crippen LogP contribution in [0.3, 0.4) is 0 Å². The molecular formula is C14H25NO. The summed E-state index contributed by atoms with van der Waals surface area (Å²) in [5.74, 6) is 2.79. The van der Waals surface area contributed by atoms with E-state index < -0.39 is 0 Å². The molecule has 92 valence electrons. The van der Waals surface area contributed by atoms with Crippen molar-refractivity contribution in [1.82, 2.24) is 5.32 Å². The SMILES string of the molecule is C[C@@H](NC(=O)C(C)(C)C)[C@H]1C[C@@H]2CC[C@@H]1C2. The van der Waals surface area contributed by atoms with Gasteiger partial charge < -0.3 is 5.32 Å². The molecule has 1 amide bonds. The van der Waals surface area contributed by atoms with Crippen LogP contribution in [-0.4, -0.2) is 11.9 Å². The third kappa shape index (κ3) is 2.26. The third-order valence-electron chi connectivity index (χ3n) is 4.47. The lowest BCUT2D eigenvalue weighted by Crippen LogP contribution is -2.44. The van der Waals surface area contributed by atoms with Gasteiger partial charge >= 0.3 is 0 Å². The fraction of sp³-hybridized carbons (Fsp3) is 0.929. The molecule has 0 aromatic carbocycles. The van der Waals surface area contributed by atoms with Gasteiger partial charge in [-0.3, -0.25) is 4.79 Å². The highest BCUT2D eigenvalue weighted by Gasteiger charge is 2.42. The van der Waals surface area contributed by atoms with Crippen LogP contribution in [-0.2, 0) is 4.79 Å². The highest BCUT2D eigenvalue weighted by molar-refractivity contribution is 5.81. The van der Waals surface area contributed by atoms with Gasteiger partial charge in [-0.15, -0.1) is 0 Å². The predicted octanol–water partition coefficient (Wildman–Crippen LogP) is 2.97. The molecule has 2 rings (SSSR count). The molecular weight excluding hydrogens is 198 g/mol. The maximum absolute atomic E-state index is 11.9. The molecule has 0 aromatic heterocycles. The molecule has 2 bridgehead atoms. The van der Waals surface area contributed by atoms with Gasteiger partial charge in [0.25, 0.3) is 0 Å². The minimum atomic E-state index is -0.258. The molecule has 0 radical (unpaired) electrons. The standard InChI is InChI=1S/C14H25NO/c1-9(15-13(16)14(2,3)4)12-8-10-5-6-11(12)7-10/h9-12H,5-8H2,1-4H3,(H,15,16)/t9-,10-,11-,12-/m1/s1. The summed E-state index contributed by atoms with van der Waals surface area (Å²) in [7, 11) is 0. The molecule has 2 nitrogen and oxygen atoms in total. The first kappa shape index (κ1) is 11.9. The molecule has 2 aliphatic carbocycles. The molecule has 0 aliphatic heterocycles. The Hall–Kier alpha value is -0.530. The fourth-order valence-corrected chi connectivity index (χ4v) is 3.44. The fourth-order valence-electron chi connectivity index (χ4n) is 3.44. The minimum Gasteiger partial charge on any atom is -0.353 e. The van der Waals surface area contributed by atoms with Crippen LogP contribution in [0, 0.1) is 23.2 Å². The van der Waals surface area contributed by atoms with Crippen LogP contribution in [0.15, 0.2) is 0 Å². The second-order valence-corrected chi connectivity index (χ2v) is 6.85. The molecule has 0 heterocycles. The summed E-state index contributed by atoms with van der Waals surface area (Å²) in [6.45, 7) is 8.14. The second kappa shape index (κ2) is 4.05. The molecule has 16 heavy (non-hydrogen) atoms. The number of carbonyl (C=O) groups is 1. The van der Waals surface area contributed by atoms with Gasteiger partial charge in [0.1, 0.15) is 0 Å². The van der Waals surface area contributed by atoms with Crippen molar-refractivity contribution in [3.8, 4) is 0 Å². The van der Waals surface area contributed by atoms with Crippen molar-refractivity contribution >= 4 is 5.91 Å². The summed E-state index contributed by atoms with van der Waals surface area (Å²) < 4.78 is 0. The summed E-state index contributed by atoms with van der Waals surface area (Å²) in [6, 6.07) is 0.363. The molecule has 0 spiro atoms. The first-order valence-corrected chi connectivity index (χ1v) is 6.69. The van der Waals surface area contributed by atoms with E-state index in [1.165, 1.54) is 25.7 Å². The van der Waals surface area contributed by atoms with Gasteiger partial charge in [0.05, 0.1) is 0 Å². The predicted molar refractivity (Wildman–Crippen MR) is 66.0 cm³/mol. The second-order valence-electron chi connectivity index (χ2n) is 6.85. The van der Waals surface area contributed by atoms with Crippen molar-refractivity contribution in [1.29, 1.82) is 0 Å². The van der Waals surface area contributed by atoms with E-state index in [1.807, 2.05) is 20.8 Å². The Kier molecular flexibility index (Phi) is 3.02. The quantitative estimate of drug-likeness (QED) is 0.766. The molecule has 0 unspecified atom stereocenters. The monoisotopic (exact) mass is 223 g/mol. The number of hydrogen-bond donors (Lipinski definition) is 1. The van der Waals surface area contributed by atoms with Gasteiger partial charge in [-0.05, 0) is 43.9 Å². The van der Waals surface area contributed by atoms with Gasteiger partial charge in [0, 0.05) is 11.5 Å². The van der Waals surface area contributed by atoms with Crippen molar-refractivity contribution in [2.24, 2.45) is 23.2 Å². The van der Waals surface area contributed by atoms with Gasteiger partial charge in [-0.1, -0.05) is 27.2 Å². The smallest absolute Gasteiger partial charge is 0.225 e. The van der Waals surface area contributed by atoms with Crippen LogP contribution in [0.4, 0.5) is 0 Å². The summed E-state index contributed by atoms with van der Waals surface area (Å²) in [5, 5.41) is 3.21. The Balaban J connectivity index is 1.89. The van der Waals surface area contributed by atoms with Gasteiger partial charge in [-0.25, -0.2) is 0 Å². The van der Waals surface area contributed by atoms with Gasteiger partial charge in [-0.2, -0.15) is 0 Å². The summed E-state index contributed by atoms with van der Waals surface area (Å²) in [6.07, 6.45) is 5.59. The van der Waals surface area contributed by atoms with Crippen LogP contribution in [0.5, 0.6) is 0 Å². The molecule has 2 fully saturated rings. The summed E-state index contributed by atoms with van der Waals surface area (Å²) in [5.41, 5.74) is -0.258. The molecule has 0 aromatic rings. The Bertz CT molecular complexity index is 279. The molecule has 0 saturated heterocycles. The highest BCUT2D eigenvalue weighted by atomic mass is 16.2. The van der Waals surface area contributed by atoms with Crippen LogP contribution >= 0.6 is 0 Å². The Morgan fingerprint density at radius 1 is 1.25 bits per heavy atom. The van der Waals surface area contributed by atoms with Crippen molar-refractivity contribution < 1.29 is 4.79 Å². The molecule has 2 heteroatoms. The Morgan fingerprint density at radius 3 is 2.38 bits per heavy atom. The normalized spacial score (nSPS) is 35.1. The topological polar surface area (TPSA) is 29.1 Å². The lowest BCUT2D eigenvalue weighted by atomic mass is 9.83. The zero-order chi connectivity index (χ0) is 11.9.